The second-order valence-electron chi connectivity index (χ2n) is 3.71. The zero-order valence-corrected chi connectivity index (χ0v) is 12.2. The molecule has 4 nitrogen and oxygen atoms in total. The summed E-state index contributed by atoms with van der Waals surface area (Å²) in [5.41, 5.74) is 0. The number of halogens is 1. The summed E-state index contributed by atoms with van der Waals surface area (Å²) < 4.78 is 27.2. The molecule has 0 spiro atoms. The van der Waals surface area contributed by atoms with Crippen LogP contribution in [0.1, 0.15) is 13.8 Å². The summed E-state index contributed by atoms with van der Waals surface area (Å²) in [5.74, 6) is 0.0403. The molecule has 1 aromatic heterocycles. The second kappa shape index (κ2) is 5.59. The fourth-order valence-electron chi connectivity index (χ4n) is 1.11. The van der Waals surface area contributed by atoms with Gasteiger partial charge in [0.2, 0.25) is 0 Å². The van der Waals surface area contributed by atoms with Gasteiger partial charge in [-0.1, -0.05) is 13.8 Å². The molecule has 1 atom stereocenters. The van der Waals surface area contributed by atoms with E-state index in [0.29, 0.717) is 4.47 Å². The van der Waals surface area contributed by atoms with Gasteiger partial charge in [-0.2, -0.15) is 0 Å². The highest BCUT2D eigenvalue weighted by molar-refractivity contribution is 9.10. The van der Waals surface area contributed by atoms with E-state index in [1.165, 1.54) is 0 Å². The second-order valence-corrected chi connectivity index (χ2v) is 7.39. The van der Waals surface area contributed by atoms with Crippen molar-refractivity contribution in [3.8, 4) is 0 Å². The number of sulfonamides is 1. The number of rotatable bonds is 5. The lowest BCUT2D eigenvalue weighted by Gasteiger charge is -2.19. The quantitative estimate of drug-likeness (QED) is 0.866. The Bertz CT molecular complexity index is 441. The summed E-state index contributed by atoms with van der Waals surface area (Å²) in [6, 6.07) is 1.22. The molecule has 1 heterocycles. The van der Waals surface area contributed by atoms with Gasteiger partial charge in [0.25, 0.3) is 10.0 Å². The maximum atomic E-state index is 11.9. The van der Waals surface area contributed by atoms with Gasteiger partial charge in [0.15, 0.2) is 0 Å². The molecule has 0 unspecified atom stereocenters. The van der Waals surface area contributed by atoms with Gasteiger partial charge in [0.1, 0.15) is 4.21 Å². The van der Waals surface area contributed by atoms with Crippen molar-refractivity contribution < 1.29 is 13.5 Å². The molecule has 0 saturated heterocycles. The molecule has 0 aliphatic carbocycles. The lowest BCUT2D eigenvalue weighted by Crippen LogP contribution is -2.40. The fourth-order valence-corrected chi connectivity index (χ4v) is 4.84. The van der Waals surface area contributed by atoms with Crippen molar-refractivity contribution in [1.82, 2.24) is 4.72 Å². The minimum Gasteiger partial charge on any atom is -0.395 e. The van der Waals surface area contributed by atoms with Gasteiger partial charge < -0.3 is 5.11 Å². The number of aliphatic hydroxyl groups is 1. The summed E-state index contributed by atoms with van der Waals surface area (Å²) in [6.07, 6.45) is 0. The molecule has 16 heavy (non-hydrogen) atoms. The van der Waals surface area contributed by atoms with E-state index in [1.807, 2.05) is 13.8 Å². The van der Waals surface area contributed by atoms with E-state index < -0.39 is 16.1 Å². The number of thiophene rings is 1. The largest absolute Gasteiger partial charge is 0.395 e. The molecule has 1 rings (SSSR count). The van der Waals surface area contributed by atoms with E-state index in [-0.39, 0.29) is 16.7 Å². The Morgan fingerprint density at radius 2 is 2.19 bits per heavy atom. The van der Waals surface area contributed by atoms with Crippen LogP contribution in [0, 0.1) is 5.92 Å². The molecule has 0 aromatic carbocycles. The van der Waals surface area contributed by atoms with Crippen LogP contribution in [0.15, 0.2) is 20.1 Å². The van der Waals surface area contributed by atoms with Gasteiger partial charge in [-0.3, -0.25) is 0 Å². The first-order valence-corrected chi connectivity index (χ1v) is 7.90. The molecule has 0 radical (unpaired) electrons. The van der Waals surface area contributed by atoms with Crippen LogP contribution in [0.25, 0.3) is 0 Å². The van der Waals surface area contributed by atoms with E-state index in [1.54, 1.807) is 11.4 Å². The van der Waals surface area contributed by atoms with Gasteiger partial charge in [-0.05, 0) is 33.3 Å². The lowest BCUT2D eigenvalue weighted by molar-refractivity contribution is 0.228. The van der Waals surface area contributed by atoms with Crippen molar-refractivity contribution in [2.75, 3.05) is 6.61 Å². The Morgan fingerprint density at radius 3 is 2.56 bits per heavy atom. The highest BCUT2D eigenvalue weighted by Crippen LogP contribution is 2.27. The third kappa shape index (κ3) is 3.27. The minimum atomic E-state index is -3.54. The lowest BCUT2D eigenvalue weighted by atomic mass is 10.1. The zero-order valence-electron chi connectivity index (χ0n) is 8.97. The predicted molar refractivity (Wildman–Crippen MR) is 68.1 cm³/mol. The molecule has 0 saturated carbocycles. The van der Waals surface area contributed by atoms with E-state index >= 15 is 0 Å². The molecule has 7 heteroatoms. The predicted octanol–water partition coefficient (Wildman–Crippen LogP) is 1.81. The average molecular weight is 328 g/mol. The van der Waals surface area contributed by atoms with Gasteiger partial charge in [-0.15, -0.1) is 11.3 Å². The van der Waals surface area contributed by atoms with Gasteiger partial charge in [-0.25, -0.2) is 13.1 Å². The van der Waals surface area contributed by atoms with Crippen molar-refractivity contribution in [1.29, 1.82) is 0 Å². The minimum absolute atomic E-state index is 0.0403. The number of nitrogens with one attached hydrogen (secondary N) is 1. The third-order valence-electron chi connectivity index (χ3n) is 2.14. The molecule has 92 valence electrons. The maximum absolute atomic E-state index is 11.9. The molecular weight excluding hydrogens is 314 g/mol. The Labute approximate surface area is 108 Å². The van der Waals surface area contributed by atoms with Crippen LogP contribution < -0.4 is 4.72 Å². The maximum Gasteiger partial charge on any atom is 0.251 e. The normalized spacial score (nSPS) is 14.3. The van der Waals surface area contributed by atoms with Gasteiger partial charge in [0.05, 0.1) is 6.61 Å². The molecule has 0 aliphatic rings. The standard InChI is InChI=1S/C9H14BrNO3S2/c1-6(2)8(5-12)11-16(13,14)9-7(10)3-4-15-9/h3-4,6,8,11-12H,5H2,1-2H3/t8-/m1/s1. The Kier molecular flexibility index (Phi) is 4.93. The van der Waals surface area contributed by atoms with Gasteiger partial charge in [0, 0.05) is 10.5 Å². The first-order valence-electron chi connectivity index (χ1n) is 4.74. The van der Waals surface area contributed by atoms with Gasteiger partial charge >= 0.3 is 0 Å². The van der Waals surface area contributed by atoms with Crippen molar-refractivity contribution in [3.05, 3.63) is 15.9 Å². The molecule has 0 amide bonds. The summed E-state index contributed by atoms with van der Waals surface area (Å²) in [4.78, 5) is 0. The van der Waals surface area contributed by atoms with Crippen molar-refractivity contribution >= 4 is 37.3 Å². The Morgan fingerprint density at radius 1 is 1.56 bits per heavy atom. The average Bonchev–Trinajstić information content (AvgIpc) is 2.61. The number of hydrogen-bond donors (Lipinski definition) is 2. The summed E-state index contributed by atoms with van der Waals surface area (Å²) in [7, 11) is -3.54. The molecule has 2 N–H and O–H groups in total. The van der Waals surface area contributed by atoms with E-state index in [0.717, 1.165) is 11.3 Å². The van der Waals surface area contributed by atoms with Crippen LogP contribution in [0.3, 0.4) is 0 Å². The smallest absolute Gasteiger partial charge is 0.251 e. The van der Waals surface area contributed by atoms with E-state index in [9.17, 15) is 8.42 Å². The molecular formula is C9H14BrNO3S2. The van der Waals surface area contributed by atoms with E-state index in [4.69, 9.17) is 5.11 Å². The van der Waals surface area contributed by atoms with Crippen LogP contribution >= 0.6 is 27.3 Å². The topological polar surface area (TPSA) is 66.4 Å². The van der Waals surface area contributed by atoms with Crippen molar-refractivity contribution in [3.63, 3.8) is 0 Å². The first-order chi connectivity index (χ1) is 7.38. The number of hydrogen-bond acceptors (Lipinski definition) is 4. The zero-order chi connectivity index (χ0) is 12.3. The highest BCUT2D eigenvalue weighted by atomic mass is 79.9. The summed E-state index contributed by atoms with van der Waals surface area (Å²) in [5, 5.41) is 10.8. The SMILES string of the molecule is CC(C)[C@@H](CO)NS(=O)(=O)c1sccc1Br. The fraction of sp³-hybridized carbons (Fsp3) is 0.556. The van der Waals surface area contributed by atoms with Crippen LogP contribution in [0.2, 0.25) is 0 Å². The first kappa shape index (κ1) is 14.1. The van der Waals surface area contributed by atoms with E-state index in [2.05, 4.69) is 20.7 Å². The molecule has 1 aromatic rings. The third-order valence-corrected chi connectivity index (χ3v) is 6.30. The Balaban J connectivity index is 2.92. The van der Waals surface area contributed by atoms with Crippen LogP contribution in [0.4, 0.5) is 0 Å². The monoisotopic (exact) mass is 327 g/mol. The van der Waals surface area contributed by atoms with Crippen molar-refractivity contribution in [2.24, 2.45) is 5.92 Å². The van der Waals surface area contributed by atoms with Crippen LogP contribution in [-0.2, 0) is 10.0 Å². The highest BCUT2D eigenvalue weighted by Gasteiger charge is 2.24. The molecule has 0 aliphatic heterocycles. The van der Waals surface area contributed by atoms with Crippen molar-refractivity contribution in [2.45, 2.75) is 24.1 Å². The molecule has 0 fully saturated rings. The van der Waals surface area contributed by atoms with Crippen LogP contribution in [0.5, 0.6) is 0 Å². The summed E-state index contributed by atoms with van der Waals surface area (Å²) >= 11 is 4.32. The Hall–Kier alpha value is 0.0500. The molecule has 0 bridgehead atoms. The summed E-state index contributed by atoms with van der Waals surface area (Å²) in [6.45, 7) is 3.50. The van der Waals surface area contributed by atoms with Crippen LogP contribution in [-0.4, -0.2) is 26.2 Å². The number of aliphatic hydroxyl groups excluding tert-OH is 1.